The standard InChI is InChI=1S/C27H22OSi/c1-21-16-18-22(19-17-21)26-20-23-10-8-9-15-27(23)29(28-26,24-11-4-2-5-12-24)25-13-6-3-7-14-25/h2-20H,1H3. The van der Waals surface area contributed by atoms with Gasteiger partial charge in [-0.3, -0.25) is 0 Å². The molecule has 2 heteroatoms. The van der Waals surface area contributed by atoms with Crippen molar-refractivity contribution >= 4 is 35.7 Å². The molecule has 4 aromatic rings. The molecule has 0 aromatic heterocycles. The molecule has 1 aliphatic heterocycles. The van der Waals surface area contributed by atoms with Crippen LogP contribution in [0.4, 0.5) is 0 Å². The molecule has 0 radical (unpaired) electrons. The van der Waals surface area contributed by atoms with Crippen molar-refractivity contribution in [2.24, 2.45) is 0 Å². The maximum absolute atomic E-state index is 7.10. The third-order valence-corrected chi connectivity index (χ3v) is 9.62. The number of fused-ring (bicyclic) bond motifs is 1. The molecule has 0 atom stereocenters. The predicted molar refractivity (Wildman–Crippen MR) is 124 cm³/mol. The van der Waals surface area contributed by atoms with Crippen LogP contribution in [0.1, 0.15) is 16.7 Å². The van der Waals surface area contributed by atoms with Crippen LogP contribution in [0.15, 0.2) is 109 Å². The minimum atomic E-state index is -2.68. The van der Waals surface area contributed by atoms with E-state index in [1.54, 1.807) is 0 Å². The summed E-state index contributed by atoms with van der Waals surface area (Å²) < 4.78 is 7.10. The Balaban J connectivity index is 1.80. The number of benzene rings is 4. The van der Waals surface area contributed by atoms with E-state index in [1.165, 1.54) is 26.7 Å². The van der Waals surface area contributed by atoms with Crippen LogP contribution in [0.2, 0.25) is 0 Å². The fourth-order valence-electron chi connectivity index (χ4n) is 4.14. The molecule has 0 saturated heterocycles. The summed E-state index contributed by atoms with van der Waals surface area (Å²) in [6, 6.07) is 38.8. The average Bonchev–Trinajstić information content (AvgIpc) is 2.80. The van der Waals surface area contributed by atoms with E-state index in [4.69, 9.17) is 4.43 Å². The Morgan fingerprint density at radius 2 is 1.14 bits per heavy atom. The molecule has 0 N–H and O–H groups in total. The van der Waals surface area contributed by atoms with E-state index in [2.05, 4.69) is 122 Å². The van der Waals surface area contributed by atoms with Crippen LogP contribution in [0.3, 0.4) is 0 Å². The quantitative estimate of drug-likeness (QED) is 0.468. The monoisotopic (exact) mass is 390 g/mol. The van der Waals surface area contributed by atoms with Crippen LogP contribution in [0, 0.1) is 6.92 Å². The minimum Gasteiger partial charge on any atom is -0.530 e. The summed E-state index contributed by atoms with van der Waals surface area (Å²) in [5.41, 5.74) is 3.61. The van der Waals surface area contributed by atoms with Crippen molar-refractivity contribution < 1.29 is 4.43 Å². The largest absolute Gasteiger partial charge is 0.530 e. The number of rotatable bonds is 3. The maximum atomic E-state index is 7.10. The molecule has 4 aromatic carbocycles. The van der Waals surface area contributed by atoms with E-state index in [0.29, 0.717) is 0 Å². The summed E-state index contributed by atoms with van der Waals surface area (Å²) in [7, 11) is -2.68. The van der Waals surface area contributed by atoms with Gasteiger partial charge in [0.2, 0.25) is 0 Å². The number of aryl methyl sites for hydroxylation is 1. The minimum absolute atomic E-state index is 0.947. The highest BCUT2D eigenvalue weighted by Crippen LogP contribution is 2.29. The summed E-state index contributed by atoms with van der Waals surface area (Å²) in [5, 5.41) is 3.82. The lowest BCUT2D eigenvalue weighted by Crippen LogP contribution is -2.70. The molecule has 1 aliphatic rings. The van der Waals surface area contributed by atoms with Gasteiger partial charge < -0.3 is 4.43 Å². The molecule has 5 rings (SSSR count). The average molecular weight is 391 g/mol. The Bertz CT molecular complexity index is 1120. The zero-order chi connectivity index (χ0) is 19.7. The first-order chi connectivity index (χ1) is 14.3. The molecule has 0 saturated carbocycles. The van der Waals surface area contributed by atoms with Gasteiger partial charge in [0.25, 0.3) is 0 Å². The molecule has 0 unspecified atom stereocenters. The number of hydrogen-bond acceptors (Lipinski definition) is 1. The molecule has 0 amide bonds. The van der Waals surface area contributed by atoms with Gasteiger partial charge in [0.15, 0.2) is 0 Å². The van der Waals surface area contributed by atoms with Crippen molar-refractivity contribution in [1.29, 1.82) is 0 Å². The smallest absolute Gasteiger partial charge is 0.347 e. The highest BCUT2D eigenvalue weighted by atomic mass is 28.4. The van der Waals surface area contributed by atoms with Crippen LogP contribution in [-0.4, -0.2) is 8.32 Å². The molecule has 140 valence electrons. The fraction of sp³-hybridized carbons (Fsp3) is 0.0370. The summed E-state index contributed by atoms with van der Waals surface area (Å²) in [4.78, 5) is 0. The molecule has 29 heavy (non-hydrogen) atoms. The highest BCUT2D eigenvalue weighted by Gasteiger charge is 2.47. The Labute approximate surface area is 173 Å². The van der Waals surface area contributed by atoms with Crippen LogP contribution < -0.4 is 15.6 Å². The molecule has 1 heterocycles. The van der Waals surface area contributed by atoms with Crippen LogP contribution >= 0.6 is 0 Å². The lowest BCUT2D eigenvalue weighted by atomic mass is 10.1. The second-order valence-electron chi connectivity index (χ2n) is 7.48. The van der Waals surface area contributed by atoms with Gasteiger partial charge in [0.05, 0.1) is 0 Å². The van der Waals surface area contributed by atoms with Crippen molar-refractivity contribution in [3.8, 4) is 0 Å². The summed E-state index contributed by atoms with van der Waals surface area (Å²) in [6.45, 7) is 2.11. The second kappa shape index (κ2) is 7.23. The Morgan fingerprint density at radius 1 is 0.586 bits per heavy atom. The van der Waals surface area contributed by atoms with Gasteiger partial charge in [-0.05, 0) is 34.1 Å². The van der Waals surface area contributed by atoms with Crippen molar-refractivity contribution in [2.75, 3.05) is 0 Å². The fourth-order valence-corrected chi connectivity index (χ4v) is 8.16. The third-order valence-electron chi connectivity index (χ3n) is 5.59. The zero-order valence-electron chi connectivity index (χ0n) is 16.4. The SMILES string of the molecule is Cc1ccc(C2=Cc3ccccc3[Si](c3ccccc3)(c3ccccc3)O2)cc1. The van der Waals surface area contributed by atoms with E-state index in [0.717, 1.165) is 11.3 Å². The van der Waals surface area contributed by atoms with E-state index in [-0.39, 0.29) is 0 Å². The molecule has 0 spiro atoms. The van der Waals surface area contributed by atoms with Crippen LogP contribution in [0.25, 0.3) is 11.8 Å². The van der Waals surface area contributed by atoms with Crippen molar-refractivity contribution in [2.45, 2.75) is 6.92 Å². The van der Waals surface area contributed by atoms with E-state index in [1.807, 2.05) is 0 Å². The van der Waals surface area contributed by atoms with Crippen molar-refractivity contribution in [1.82, 2.24) is 0 Å². The first kappa shape index (κ1) is 17.7. The molecule has 1 nitrogen and oxygen atoms in total. The Hall–Kier alpha value is -3.36. The summed E-state index contributed by atoms with van der Waals surface area (Å²) in [6.07, 6.45) is 2.19. The van der Waals surface area contributed by atoms with Crippen LogP contribution in [0.5, 0.6) is 0 Å². The summed E-state index contributed by atoms with van der Waals surface area (Å²) >= 11 is 0. The predicted octanol–water partition coefficient (Wildman–Crippen LogP) is 4.49. The molecule has 0 bridgehead atoms. The Morgan fingerprint density at radius 3 is 1.76 bits per heavy atom. The lowest BCUT2D eigenvalue weighted by Gasteiger charge is -2.38. The first-order valence-corrected chi connectivity index (χ1v) is 11.9. The van der Waals surface area contributed by atoms with E-state index in [9.17, 15) is 0 Å². The second-order valence-corrected chi connectivity index (χ2v) is 10.7. The van der Waals surface area contributed by atoms with Gasteiger partial charge >= 0.3 is 8.32 Å². The van der Waals surface area contributed by atoms with Gasteiger partial charge in [0, 0.05) is 5.56 Å². The van der Waals surface area contributed by atoms with Gasteiger partial charge in [-0.15, -0.1) is 0 Å². The zero-order valence-corrected chi connectivity index (χ0v) is 17.4. The van der Waals surface area contributed by atoms with Gasteiger partial charge in [-0.1, -0.05) is 115 Å². The maximum Gasteiger partial charge on any atom is 0.347 e. The van der Waals surface area contributed by atoms with Crippen LogP contribution in [-0.2, 0) is 4.43 Å². The van der Waals surface area contributed by atoms with E-state index < -0.39 is 8.32 Å². The lowest BCUT2D eigenvalue weighted by molar-refractivity contribution is 0.534. The molecular formula is C27H22OSi. The highest BCUT2D eigenvalue weighted by molar-refractivity contribution is 7.08. The van der Waals surface area contributed by atoms with Crippen molar-refractivity contribution in [3.63, 3.8) is 0 Å². The van der Waals surface area contributed by atoms with Gasteiger partial charge in [-0.2, -0.15) is 0 Å². The normalized spacial score (nSPS) is 14.4. The molecule has 0 fully saturated rings. The first-order valence-electron chi connectivity index (χ1n) is 9.96. The van der Waals surface area contributed by atoms with Gasteiger partial charge in [0.1, 0.15) is 5.76 Å². The number of hydrogen-bond donors (Lipinski definition) is 0. The van der Waals surface area contributed by atoms with Gasteiger partial charge in [-0.25, -0.2) is 0 Å². The Kier molecular flexibility index (Phi) is 4.42. The molecular weight excluding hydrogens is 368 g/mol. The van der Waals surface area contributed by atoms with E-state index >= 15 is 0 Å². The van der Waals surface area contributed by atoms with Crippen molar-refractivity contribution in [3.05, 3.63) is 126 Å². The molecule has 0 aliphatic carbocycles. The topological polar surface area (TPSA) is 9.23 Å². The third kappa shape index (κ3) is 3.02. The summed E-state index contributed by atoms with van der Waals surface area (Å²) in [5.74, 6) is 0.947.